The first-order valence-electron chi connectivity index (χ1n) is 10.5. The molecule has 0 spiro atoms. The molecule has 0 aromatic heterocycles. The van der Waals surface area contributed by atoms with Crippen LogP contribution in [0.5, 0.6) is 0 Å². The molecule has 3 N–H and O–H groups in total. The fourth-order valence-corrected chi connectivity index (χ4v) is 4.50. The van der Waals surface area contributed by atoms with E-state index in [9.17, 15) is 22.8 Å². The first kappa shape index (κ1) is 22.6. The van der Waals surface area contributed by atoms with E-state index in [4.69, 9.17) is 11.0 Å². The van der Waals surface area contributed by atoms with E-state index in [1.807, 2.05) is 6.07 Å². The van der Waals surface area contributed by atoms with Gasteiger partial charge in [0.05, 0.1) is 23.7 Å². The molecular formula is C23H22F3N5O2. The van der Waals surface area contributed by atoms with Gasteiger partial charge in [0.15, 0.2) is 11.6 Å². The Balaban J connectivity index is 1.31. The van der Waals surface area contributed by atoms with Gasteiger partial charge in [-0.1, -0.05) is 6.07 Å². The zero-order chi connectivity index (χ0) is 23.7. The van der Waals surface area contributed by atoms with Crippen molar-refractivity contribution < 1.29 is 22.8 Å². The average molecular weight is 457 g/mol. The maximum atomic E-state index is 13.9. The van der Waals surface area contributed by atoms with Gasteiger partial charge in [-0.25, -0.2) is 18.0 Å². The predicted molar refractivity (Wildman–Crippen MR) is 113 cm³/mol. The Morgan fingerprint density at radius 3 is 2.48 bits per heavy atom. The second-order valence-corrected chi connectivity index (χ2v) is 8.39. The van der Waals surface area contributed by atoms with Crippen molar-refractivity contribution in [3.8, 4) is 6.07 Å². The van der Waals surface area contributed by atoms with Crippen LogP contribution in [0, 0.1) is 28.8 Å². The topological polar surface area (TPSA) is 102 Å². The summed E-state index contributed by atoms with van der Waals surface area (Å²) < 4.78 is 40.3. The van der Waals surface area contributed by atoms with Crippen LogP contribution in [0.3, 0.4) is 0 Å². The van der Waals surface area contributed by atoms with Crippen LogP contribution < -0.4 is 11.1 Å². The summed E-state index contributed by atoms with van der Waals surface area (Å²) in [7, 11) is 0. The number of anilines is 1. The van der Waals surface area contributed by atoms with Crippen molar-refractivity contribution in [1.82, 2.24) is 9.80 Å². The molecule has 2 aliphatic rings. The molecule has 2 aliphatic heterocycles. The summed E-state index contributed by atoms with van der Waals surface area (Å²) in [6.45, 7) is 0.731. The number of piperazine rings is 1. The molecule has 2 fully saturated rings. The lowest BCUT2D eigenvalue weighted by Crippen LogP contribution is -2.52. The minimum Gasteiger partial charge on any atom is -0.336 e. The molecule has 0 aliphatic carbocycles. The van der Waals surface area contributed by atoms with Crippen molar-refractivity contribution in [2.24, 2.45) is 5.73 Å². The van der Waals surface area contributed by atoms with E-state index in [0.29, 0.717) is 36.8 Å². The smallest absolute Gasteiger partial charge is 0.322 e. The number of hydrogen-bond acceptors (Lipinski definition) is 4. The van der Waals surface area contributed by atoms with Crippen LogP contribution in [-0.4, -0.2) is 53.0 Å². The van der Waals surface area contributed by atoms with E-state index in [1.165, 1.54) is 0 Å². The normalized spacial score (nSPS) is 20.0. The Kier molecular flexibility index (Phi) is 6.24. The summed E-state index contributed by atoms with van der Waals surface area (Å²) >= 11 is 0. The first-order chi connectivity index (χ1) is 15.7. The van der Waals surface area contributed by atoms with E-state index in [-0.39, 0.29) is 42.4 Å². The lowest BCUT2D eigenvalue weighted by atomic mass is 10.0. The third kappa shape index (κ3) is 4.78. The molecule has 0 unspecified atom stereocenters. The molecule has 3 amide bonds. The summed E-state index contributed by atoms with van der Waals surface area (Å²) in [6.07, 6.45) is 0.465. The minimum absolute atomic E-state index is 0.0746. The quantitative estimate of drug-likeness (QED) is 0.674. The van der Waals surface area contributed by atoms with Gasteiger partial charge < -0.3 is 20.9 Å². The van der Waals surface area contributed by atoms with Crippen molar-refractivity contribution in [2.75, 3.05) is 18.4 Å². The number of urea groups is 1. The van der Waals surface area contributed by atoms with Gasteiger partial charge >= 0.3 is 6.03 Å². The molecule has 0 radical (unpaired) electrons. The number of nitriles is 1. The highest BCUT2D eigenvalue weighted by atomic mass is 19.2. The number of amides is 3. The number of nitrogens with zero attached hydrogens (tertiary/aromatic N) is 3. The number of carbonyl (C=O) groups excluding carboxylic acids is 2. The van der Waals surface area contributed by atoms with E-state index in [1.54, 1.807) is 34.1 Å². The summed E-state index contributed by atoms with van der Waals surface area (Å²) in [5.74, 6) is -3.57. The largest absolute Gasteiger partial charge is 0.336 e. The Bertz CT molecular complexity index is 1140. The third-order valence-electron chi connectivity index (χ3n) is 6.07. The molecule has 2 heterocycles. The highest BCUT2D eigenvalue weighted by Gasteiger charge is 2.47. The van der Waals surface area contributed by atoms with Gasteiger partial charge in [-0.15, -0.1) is 0 Å². The maximum absolute atomic E-state index is 13.9. The summed E-state index contributed by atoms with van der Waals surface area (Å²) in [5, 5.41) is 11.8. The number of fused-ring (bicyclic) bond motifs is 2. The molecule has 10 heteroatoms. The Labute approximate surface area is 188 Å². The van der Waals surface area contributed by atoms with E-state index in [2.05, 4.69) is 5.32 Å². The van der Waals surface area contributed by atoms with Gasteiger partial charge in [-0.3, -0.25) is 4.79 Å². The summed E-state index contributed by atoms with van der Waals surface area (Å²) in [5.41, 5.74) is 6.86. The van der Waals surface area contributed by atoms with Crippen molar-refractivity contribution in [3.05, 3.63) is 65.0 Å². The van der Waals surface area contributed by atoms with Crippen molar-refractivity contribution in [3.63, 3.8) is 0 Å². The van der Waals surface area contributed by atoms with Gasteiger partial charge in [-0.05, 0) is 42.7 Å². The first-order valence-corrected chi connectivity index (χ1v) is 10.5. The van der Waals surface area contributed by atoms with E-state index in [0.717, 1.165) is 6.07 Å². The van der Waals surface area contributed by atoms with Crippen LogP contribution in [0.4, 0.5) is 23.7 Å². The molecule has 172 valence electrons. The van der Waals surface area contributed by atoms with E-state index >= 15 is 0 Å². The van der Waals surface area contributed by atoms with Gasteiger partial charge in [0.2, 0.25) is 5.91 Å². The van der Waals surface area contributed by atoms with Crippen LogP contribution in [0.25, 0.3) is 0 Å². The number of benzene rings is 2. The predicted octanol–water partition coefficient (Wildman–Crippen LogP) is 2.75. The van der Waals surface area contributed by atoms with Crippen molar-refractivity contribution in [2.45, 2.75) is 37.4 Å². The second kappa shape index (κ2) is 9.11. The molecule has 3 atom stereocenters. The second-order valence-electron chi connectivity index (χ2n) is 8.39. The molecule has 4 rings (SSSR count). The van der Waals surface area contributed by atoms with Crippen molar-refractivity contribution >= 4 is 17.6 Å². The highest BCUT2D eigenvalue weighted by Crippen LogP contribution is 2.32. The maximum Gasteiger partial charge on any atom is 0.322 e. The van der Waals surface area contributed by atoms with Gasteiger partial charge in [0.1, 0.15) is 5.82 Å². The number of likely N-dealkylation sites (tertiary alicyclic amines) is 2. The lowest BCUT2D eigenvalue weighted by Gasteiger charge is -2.34. The van der Waals surface area contributed by atoms with Gasteiger partial charge in [0, 0.05) is 37.3 Å². The molecule has 33 heavy (non-hydrogen) atoms. The highest BCUT2D eigenvalue weighted by molar-refractivity contribution is 5.90. The van der Waals surface area contributed by atoms with Crippen molar-refractivity contribution in [1.29, 1.82) is 5.26 Å². The molecule has 2 aromatic carbocycles. The van der Waals surface area contributed by atoms with Crippen LogP contribution >= 0.6 is 0 Å². The fourth-order valence-electron chi connectivity index (χ4n) is 4.50. The standard InChI is InChI=1S/C23H22F3N5O2/c24-19-9-21(26)20(25)6-14(19)5-15(28)7-22(32)30-11-18-8-17(30)12-31(18)23(33)29-16-3-1-2-13(4-16)10-27/h1-4,6,9,15,17-18H,5,7-8,11-12,28H2,(H,29,33)/t15-,17-,18-/m1/s1. The molecule has 2 saturated heterocycles. The average Bonchev–Trinajstić information content (AvgIpc) is 3.39. The summed E-state index contributed by atoms with van der Waals surface area (Å²) in [6, 6.07) is 8.50. The SMILES string of the molecule is N#Cc1cccc(NC(=O)N2C[C@H]3C[C@@H]2CN3C(=O)C[C@H](N)Cc2cc(F)c(F)cc2F)c1. The number of nitrogens with two attached hydrogens (primary N) is 1. The molecule has 7 nitrogen and oxygen atoms in total. The molecular weight excluding hydrogens is 435 g/mol. The summed E-state index contributed by atoms with van der Waals surface area (Å²) in [4.78, 5) is 28.8. The number of carbonyl (C=O) groups is 2. The Hall–Kier alpha value is -3.58. The number of hydrogen-bond donors (Lipinski definition) is 2. The van der Waals surface area contributed by atoms with Crippen LogP contribution in [0.15, 0.2) is 36.4 Å². The Morgan fingerprint density at radius 2 is 1.79 bits per heavy atom. The lowest BCUT2D eigenvalue weighted by molar-refractivity contribution is -0.133. The van der Waals surface area contributed by atoms with Gasteiger partial charge in [0.25, 0.3) is 0 Å². The number of nitrogens with one attached hydrogen (secondary N) is 1. The number of rotatable bonds is 5. The third-order valence-corrected chi connectivity index (χ3v) is 6.07. The monoisotopic (exact) mass is 457 g/mol. The number of halogens is 3. The van der Waals surface area contributed by atoms with Crippen LogP contribution in [0.1, 0.15) is 24.0 Å². The fraction of sp³-hybridized carbons (Fsp3) is 0.348. The minimum atomic E-state index is -1.28. The molecule has 2 bridgehead atoms. The molecule has 0 saturated carbocycles. The van der Waals surface area contributed by atoms with E-state index < -0.39 is 23.5 Å². The zero-order valence-corrected chi connectivity index (χ0v) is 17.6. The van der Waals surface area contributed by atoms with Crippen LogP contribution in [-0.2, 0) is 11.2 Å². The van der Waals surface area contributed by atoms with Gasteiger partial charge in [-0.2, -0.15) is 5.26 Å². The Morgan fingerprint density at radius 1 is 1.09 bits per heavy atom. The van der Waals surface area contributed by atoms with Crippen LogP contribution in [0.2, 0.25) is 0 Å². The molecule has 2 aromatic rings. The zero-order valence-electron chi connectivity index (χ0n) is 17.6.